The molecular formula is C18H20N2O3. The number of fused-ring (bicyclic) bond motifs is 1. The molecule has 120 valence electrons. The number of benzene rings is 1. The van der Waals surface area contributed by atoms with Gasteiger partial charge in [-0.2, -0.15) is 0 Å². The Morgan fingerprint density at radius 3 is 2.52 bits per heavy atom. The number of carboxylic acid groups (broad SMARTS) is 1. The molecule has 23 heavy (non-hydrogen) atoms. The third kappa shape index (κ3) is 2.56. The summed E-state index contributed by atoms with van der Waals surface area (Å²) in [7, 11) is 1.59. The Balaban J connectivity index is 2.02. The summed E-state index contributed by atoms with van der Waals surface area (Å²) in [4.78, 5) is 30.5. The highest BCUT2D eigenvalue weighted by molar-refractivity contribution is 6.06. The molecule has 5 heteroatoms. The van der Waals surface area contributed by atoms with E-state index in [1.165, 1.54) is 4.90 Å². The number of aliphatic carboxylic acids is 1. The molecule has 5 nitrogen and oxygen atoms in total. The van der Waals surface area contributed by atoms with Crippen LogP contribution in [0.25, 0.3) is 10.8 Å². The van der Waals surface area contributed by atoms with E-state index in [2.05, 4.69) is 4.98 Å². The molecule has 1 aromatic carbocycles. The molecule has 1 amide bonds. The van der Waals surface area contributed by atoms with Crippen LogP contribution >= 0.6 is 0 Å². The maximum Gasteiger partial charge on any atom is 0.329 e. The molecule has 0 bridgehead atoms. The van der Waals surface area contributed by atoms with Crippen LogP contribution in [0.5, 0.6) is 0 Å². The van der Waals surface area contributed by atoms with Gasteiger partial charge in [-0.25, -0.2) is 4.79 Å². The van der Waals surface area contributed by atoms with Crippen molar-refractivity contribution in [2.75, 3.05) is 7.05 Å². The second-order valence-corrected chi connectivity index (χ2v) is 6.14. The van der Waals surface area contributed by atoms with Gasteiger partial charge >= 0.3 is 5.97 Å². The maximum atomic E-state index is 13.0. The third-order valence-corrected chi connectivity index (χ3v) is 4.90. The van der Waals surface area contributed by atoms with Crippen LogP contribution in [0, 0.1) is 0 Å². The number of carboxylic acids is 1. The van der Waals surface area contributed by atoms with Crippen LogP contribution in [0.4, 0.5) is 0 Å². The normalized spacial score (nSPS) is 16.9. The first-order valence-corrected chi connectivity index (χ1v) is 7.91. The van der Waals surface area contributed by atoms with Crippen molar-refractivity contribution in [3.63, 3.8) is 0 Å². The highest BCUT2D eigenvalue weighted by Crippen LogP contribution is 2.34. The molecule has 2 aromatic rings. The van der Waals surface area contributed by atoms with Gasteiger partial charge < -0.3 is 10.0 Å². The molecule has 0 atom stereocenters. The molecule has 1 fully saturated rings. The van der Waals surface area contributed by atoms with Crippen LogP contribution in [0.2, 0.25) is 0 Å². The number of carbonyl (C=O) groups excluding carboxylic acids is 1. The summed E-state index contributed by atoms with van der Waals surface area (Å²) in [5.74, 6) is -1.25. The average Bonchev–Trinajstić information content (AvgIpc) is 2.60. The van der Waals surface area contributed by atoms with Gasteiger partial charge in [-0.05, 0) is 24.3 Å². The number of pyridine rings is 1. The number of aromatic nitrogens is 1. The minimum atomic E-state index is -1.12. The topological polar surface area (TPSA) is 70.5 Å². The number of likely N-dealkylation sites (N-methyl/N-ethyl adjacent to an activating group) is 1. The predicted octanol–water partition coefficient (Wildman–Crippen LogP) is 3.09. The first-order chi connectivity index (χ1) is 11.1. The summed E-state index contributed by atoms with van der Waals surface area (Å²) >= 11 is 0. The molecule has 1 N–H and O–H groups in total. The van der Waals surface area contributed by atoms with Crippen molar-refractivity contribution in [1.29, 1.82) is 0 Å². The summed E-state index contributed by atoms with van der Waals surface area (Å²) < 4.78 is 0. The van der Waals surface area contributed by atoms with Gasteiger partial charge in [0, 0.05) is 18.6 Å². The van der Waals surface area contributed by atoms with E-state index >= 15 is 0 Å². The quantitative estimate of drug-likeness (QED) is 0.945. The first kappa shape index (κ1) is 15.5. The number of rotatable bonds is 3. The lowest BCUT2D eigenvalue weighted by molar-refractivity contribution is -0.151. The summed E-state index contributed by atoms with van der Waals surface area (Å²) in [5.41, 5.74) is -0.801. The third-order valence-electron chi connectivity index (χ3n) is 4.90. The van der Waals surface area contributed by atoms with Crippen LogP contribution in [0.1, 0.15) is 42.6 Å². The van der Waals surface area contributed by atoms with Gasteiger partial charge in [0.1, 0.15) is 11.2 Å². The van der Waals surface area contributed by atoms with Crippen LogP contribution in [0.15, 0.2) is 36.5 Å². The monoisotopic (exact) mass is 312 g/mol. The fourth-order valence-corrected chi connectivity index (χ4v) is 3.47. The van der Waals surface area contributed by atoms with Gasteiger partial charge in [0.05, 0.1) is 0 Å². The van der Waals surface area contributed by atoms with E-state index in [9.17, 15) is 14.7 Å². The SMILES string of the molecule is CN(C(=O)c1nccc2ccccc12)C1(C(=O)O)CCCCC1. The van der Waals surface area contributed by atoms with Crippen molar-refractivity contribution in [2.24, 2.45) is 0 Å². The van der Waals surface area contributed by atoms with Gasteiger partial charge in [-0.15, -0.1) is 0 Å². The fourth-order valence-electron chi connectivity index (χ4n) is 3.47. The molecule has 0 unspecified atom stereocenters. The van der Waals surface area contributed by atoms with Crippen LogP contribution < -0.4 is 0 Å². The first-order valence-electron chi connectivity index (χ1n) is 7.91. The number of nitrogens with zero attached hydrogens (tertiary/aromatic N) is 2. The van der Waals surface area contributed by atoms with Crippen molar-refractivity contribution in [3.05, 3.63) is 42.2 Å². The largest absolute Gasteiger partial charge is 0.479 e. The number of hydrogen-bond acceptors (Lipinski definition) is 3. The lowest BCUT2D eigenvalue weighted by atomic mass is 9.80. The number of hydrogen-bond donors (Lipinski definition) is 1. The van der Waals surface area contributed by atoms with E-state index in [-0.39, 0.29) is 5.91 Å². The van der Waals surface area contributed by atoms with E-state index in [1.807, 2.05) is 30.3 Å². The van der Waals surface area contributed by atoms with Gasteiger partial charge in [0.15, 0.2) is 0 Å². The molecule has 1 saturated carbocycles. The van der Waals surface area contributed by atoms with Gasteiger partial charge in [0.25, 0.3) is 5.91 Å². The summed E-state index contributed by atoms with van der Waals surface area (Å²) in [5, 5.41) is 11.4. The molecule has 0 aliphatic heterocycles. The van der Waals surface area contributed by atoms with Gasteiger partial charge in [-0.3, -0.25) is 9.78 Å². The van der Waals surface area contributed by atoms with Crippen molar-refractivity contribution >= 4 is 22.6 Å². The van der Waals surface area contributed by atoms with E-state index < -0.39 is 11.5 Å². The molecule has 1 heterocycles. The molecule has 0 saturated heterocycles. The smallest absolute Gasteiger partial charge is 0.329 e. The Bertz CT molecular complexity index is 746. The average molecular weight is 312 g/mol. The Labute approximate surface area is 134 Å². The van der Waals surface area contributed by atoms with Crippen LogP contribution in [0.3, 0.4) is 0 Å². The lowest BCUT2D eigenvalue weighted by Gasteiger charge is -2.40. The van der Waals surface area contributed by atoms with E-state index in [4.69, 9.17) is 0 Å². The Hall–Kier alpha value is -2.43. The highest BCUT2D eigenvalue weighted by Gasteiger charge is 2.46. The van der Waals surface area contributed by atoms with Crippen molar-refractivity contribution in [1.82, 2.24) is 9.88 Å². The standard InChI is InChI=1S/C18H20N2O3/c1-20(18(17(22)23)10-5-2-6-11-18)16(21)15-14-8-4-3-7-13(14)9-12-19-15/h3-4,7-9,12H,2,5-6,10-11H2,1H3,(H,22,23). The second-order valence-electron chi connectivity index (χ2n) is 6.14. The molecule has 1 aromatic heterocycles. The molecule has 3 rings (SSSR count). The lowest BCUT2D eigenvalue weighted by Crippen LogP contribution is -2.56. The maximum absolute atomic E-state index is 13.0. The molecule has 1 aliphatic carbocycles. The fraction of sp³-hybridized carbons (Fsp3) is 0.389. The van der Waals surface area contributed by atoms with Crippen LogP contribution in [-0.2, 0) is 4.79 Å². The zero-order valence-electron chi connectivity index (χ0n) is 13.2. The van der Waals surface area contributed by atoms with Crippen molar-refractivity contribution in [3.8, 4) is 0 Å². The van der Waals surface area contributed by atoms with E-state index in [0.717, 1.165) is 30.0 Å². The molecule has 0 radical (unpaired) electrons. The summed E-state index contributed by atoms with van der Waals surface area (Å²) in [6, 6.07) is 9.37. The predicted molar refractivity (Wildman–Crippen MR) is 87.3 cm³/mol. The highest BCUT2D eigenvalue weighted by atomic mass is 16.4. The zero-order valence-corrected chi connectivity index (χ0v) is 13.2. The number of amides is 1. The van der Waals surface area contributed by atoms with E-state index in [0.29, 0.717) is 18.5 Å². The Morgan fingerprint density at radius 2 is 1.83 bits per heavy atom. The zero-order chi connectivity index (χ0) is 16.4. The summed E-state index contributed by atoms with van der Waals surface area (Å²) in [6.45, 7) is 0. The van der Waals surface area contributed by atoms with Crippen molar-refractivity contribution in [2.45, 2.75) is 37.6 Å². The Morgan fingerprint density at radius 1 is 1.13 bits per heavy atom. The Kier molecular flexibility index (Phi) is 4.03. The summed E-state index contributed by atoms with van der Waals surface area (Å²) in [6.07, 6.45) is 5.26. The van der Waals surface area contributed by atoms with E-state index in [1.54, 1.807) is 13.2 Å². The van der Waals surface area contributed by atoms with Crippen LogP contribution in [-0.4, -0.2) is 39.5 Å². The minimum Gasteiger partial charge on any atom is -0.479 e. The molecule has 1 aliphatic rings. The second kappa shape index (κ2) is 5.99. The number of carbonyl (C=O) groups is 2. The molecular weight excluding hydrogens is 292 g/mol. The minimum absolute atomic E-state index is 0.316. The van der Waals surface area contributed by atoms with Gasteiger partial charge in [-0.1, -0.05) is 43.5 Å². The van der Waals surface area contributed by atoms with Gasteiger partial charge in [0.2, 0.25) is 0 Å². The van der Waals surface area contributed by atoms with Crippen molar-refractivity contribution < 1.29 is 14.7 Å². The molecule has 0 spiro atoms.